The fourth-order valence-corrected chi connectivity index (χ4v) is 3.19. The third kappa shape index (κ3) is 5.80. The molecular formula is C19H26ClNO5. The molecule has 0 heterocycles. The van der Waals surface area contributed by atoms with Crippen LogP contribution in [0.25, 0.3) is 0 Å². The molecule has 1 aliphatic carbocycles. The topological polar surface area (TPSA) is 84.9 Å². The SMILES string of the molecule is Cc1c(OC2CCC(NC(=O)OC(C)(C)C)CC2)cc(Cl)cc1C(=O)O. The van der Waals surface area contributed by atoms with E-state index in [4.69, 9.17) is 21.1 Å². The molecule has 2 rings (SSSR count). The summed E-state index contributed by atoms with van der Waals surface area (Å²) in [4.78, 5) is 23.1. The van der Waals surface area contributed by atoms with E-state index in [0.29, 0.717) is 16.3 Å². The molecule has 0 aromatic heterocycles. The Morgan fingerprint density at radius 3 is 2.35 bits per heavy atom. The van der Waals surface area contributed by atoms with Gasteiger partial charge >= 0.3 is 12.1 Å². The molecule has 1 aliphatic rings. The van der Waals surface area contributed by atoms with Crippen LogP contribution in [0.1, 0.15) is 62.4 Å². The number of carboxylic acid groups (broad SMARTS) is 1. The Balaban J connectivity index is 1.91. The first-order chi connectivity index (χ1) is 12.0. The van der Waals surface area contributed by atoms with Gasteiger partial charge in [-0.25, -0.2) is 9.59 Å². The summed E-state index contributed by atoms with van der Waals surface area (Å²) >= 11 is 6.01. The molecule has 0 unspecified atom stereocenters. The van der Waals surface area contributed by atoms with E-state index in [-0.39, 0.29) is 17.7 Å². The average molecular weight is 384 g/mol. The molecule has 1 saturated carbocycles. The number of benzene rings is 1. The molecule has 0 radical (unpaired) electrons. The summed E-state index contributed by atoms with van der Waals surface area (Å²) in [6, 6.07) is 3.13. The van der Waals surface area contributed by atoms with Gasteiger partial charge in [-0.2, -0.15) is 0 Å². The minimum absolute atomic E-state index is 0.0366. The van der Waals surface area contributed by atoms with Gasteiger partial charge in [0.25, 0.3) is 0 Å². The smallest absolute Gasteiger partial charge is 0.407 e. The standard InChI is InChI=1S/C19H26ClNO5/c1-11-15(17(22)23)9-12(20)10-16(11)25-14-7-5-13(6-8-14)21-18(24)26-19(2,3)4/h9-10,13-14H,5-8H2,1-4H3,(H,21,24)(H,22,23). The number of amides is 1. The Morgan fingerprint density at radius 2 is 1.81 bits per heavy atom. The molecule has 7 heteroatoms. The monoisotopic (exact) mass is 383 g/mol. The zero-order valence-corrected chi connectivity index (χ0v) is 16.4. The van der Waals surface area contributed by atoms with Crippen molar-refractivity contribution in [1.82, 2.24) is 5.32 Å². The largest absolute Gasteiger partial charge is 0.490 e. The summed E-state index contributed by atoms with van der Waals surface area (Å²) < 4.78 is 11.3. The number of alkyl carbamates (subject to hydrolysis) is 1. The van der Waals surface area contributed by atoms with E-state index in [1.807, 2.05) is 20.8 Å². The van der Waals surface area contributed by atoms with E-state index < -0.39 is 17.7 Å². The van der Waals surface area contributed by atoms with Crippen LogP contribution in [0.5, 0.6) is 5.75 Å². The van der Waals surface area contributed by atoms with Crippen LogP contribution in [0, 0.1) is 6.92 Å². The maximum absolute atomic E-state index is 11.8. The fourth-order valence-electron chi connectivity index (χ4n) is 2.98. The number of aromatic carboxylic acids is 1. The highest BCUT2D eigenvalue weighted by Crippen LogP contribution is 2.31. The lowest BCUT2D eigenvalue weighted by Gasteiger charge is -2.30. The molecule has 144 valence electrons. The van der Waals surface area contributed by atoms with E-state index >= 15 is 0 Å². The Labute approximate surface area is 158 Å². The van der Waals surface area contributed by atoms with Crippen molar-refractivity contribution in [3.8, 4) is 5.75 Å². The minimum Gasteiger partial charge on any atom is -0.490 e. The van der Waals surface area contributed by atoms with Crippen LogP contribution in [0.2, 0.25) is 5.02 Å². The molecule has 1 amide bonds. The maximum Gasteiger partial charge on any atom is 0.407 e. The molecule has 1 aromatic rings. The number of carbonyl (C=O) groups excluding carboxylic acids is 1. The molecule has 0 spiro atoms. The minimum atomic E-state index is -1.03. The van der Waals surface area contributed by atoms with Crippen molar-refractivity contribution in [2.24, 2.45) is 0 Å². The lowest BCUT2D eigenvalue weighted by molar-refractivity contribution is 0.0470. The normalized spacial score (nSPS) is 20.3. The van der Waals surface area contributed by atoms with Gasteiger partial charge in [0, 0.05) is 16.6 Å². The summed E-state index contributed by atoms with van der Waals surface area (Å²) in [5.74, 6) is -0.529. The van der Waals surface area contributed by atoms with Crippen molar-refractivity contribution in [2.75, 3.05) is 0 Å². The summed E-state index contributed by atoms with van der Waals surface area (Å²) in [6.45, 7) is 7.20. The number of halogens is 1. The van der Waals surface area contributed by atoms with Crippen LogP contribution >= 0.6 is 11.6 Å². The highest BCUT2D eigenvalue weighted by atomic mass is 35.5. The predicted molar refractivity (Wildman–Crippen MR) is 99.2 cm³/mol. The van der Waals surface area contributed by atoms with Gasteiger partial charge in [-0.15, -0.1) is 0 Å². The predicted octanol–water partition coefficient (Wildman–Crippen LogP) is 4.56. The molecule has 6 nitrogen and oxygen atoms in total. The number of hydrogen-bond acceptors (Lipinski definition) is 4. The van der Waals surface area contributed by atoms with Crippen molar-refractivity contribution in [2.45, 2.75) is 71.1 Å². The lowest BCUT2D eigenvalue weighted by Crippen LogP contribution is -2.42. The first kappa shape index (κ1) is 20.4. The number of ether oxygens (including phenoxy) is 2. The van der Waals surface area contributed by atoms with Gasteiger partial charge in [-0.05, 0) is 65.5 Å². The van der Waals surface area contributed by atoms with Gasteiger partial charge in [0.1, 0.15) is 11.4 Å². The molecule has 1 aromatic carbocycles. The molecule has 1 fully saturated rings. The second kappa shape index (κ2) is 8.16. The van der Waals surface area contributed by atoms with Gasteiger partial charge < -0.3 is 19.9 Å². The lowest BCUT2D eigenvalue weighted by atomic mass is 9.93. The highest BCUT2D eigenvalue weighted by molar-refractivity contribution is 6.31. The number of rotatable bonds is 4. The van der Waals surface area contributed by atoms with Crippen molar-refractivity contribution in [3.05, 3.63) is 28.3 Å². The number of hydrogen-bond donors (Lipinski definition) is 2. The van der Waals surface area contributed by atoms with Gasteiger partial charge in [-0.1, -0.05) is 11.6 Å². The number of carboxylic acids is 1. The second-order valence-electron chi connectivity index (χ2n) is 7.62. The highest BCUT2D eigenvalue weighted by Gasteiger charge is 2.26. The number of nitrogens with one attached hydrogen (secondary N) is 1. The van der Waals surface area contributed by atoms with Gasteiger partial charge in [0.2, 0.25) is 0 Å². The van der Waals surface area contributed by atoms with Gasteiger partial charge in [0.15, 0.2) is 0 Å². The summed E-state index contributed by atoms with van der Waals surface area (Å²) in [5, 5.41) is 12.5. The zero-order chi connectivity index (χ0) is 19.5. The summed E-state index contributed by atoms with van der Waals surface area (Å²) in [7, 11) is 0. The van der Waals surface area contributed by atoms with Gasteiger partial charge in [-0.3, -0.25) is 0 Å². The third-order valence-electron chi connectivity index (χ3n) is 4.24. The summed E-state index contributed by atoms with van der Waals surface area (Å²) in [5.41, 5.74) is 0.194. The van der Waals surface area contributed by atoms with E-state index in [1.165, 1.54) is 6.07 Å². The van der Waals surface area contributed by atoms with Crippen LogP contribution in [0.4, 0.5) is 4.79 Å². The Hall–Kier alpha value is -1.95. The van der Waals surface area contributed by atoms with Crippen LogP contribution in [0.15, 0.2) is 12.1 Å². The van der Waals surface area contributed by atoms with E-state index in [9.17, 15) is 14.7 Å². The van der Waals surface area contributed by atoms with Crippen LogP contribution in [-0.4, -0.2) is 34.9 Å². The summed E-state index contributed by atoms with van der Waals surface area (Å²) in [6.07, 6.45) is 2.62. The van der Waals surface area contributed by atoms with Crippen molar-refractivity contribution < 1.29 is 24.2 Å². The Kier molecular flexibility index (Phi) is 6.39. The van der Waals surface area contributed by atoms with Crippen LogP contribution in [0.3, 0.4) is 0 Å². The Morgan fingerprint density at radius 1 is 1.19 bits per heavy atom. The van der Waals surface area contributed by atoms with Crippen molar-refractivity contribution in [1.29, 1.82) is 0 Å². The zero-order valence-electron chi connectivity index (χ0n) is 15.6. The maximum atomic E-state index is 11.8. The fraction of sp³-hybridized carbons (Fsp3) is 0.579. The molecular weight excluding hydrogens is 358 g/mol. The average Bonchev–Trinajstić information content (AvgIpc) is 2.50. The first-order valence-electron chi connectivity index (χ1n) is 8.75. The molecule has 0 aliphatic heterocycles. The Bertz CT molecular complexity index is 675. The van der Waals surface area contributed by atoms with E-state index in [2.05, 4.69) is 5.32 Å². The van der Waals surface area contributed by atoms with E-state index in [1.54, 1.807) is 13.0 Å². The van der Waals surface area contributed by atoms with Crippen LogP contribution < -0.4 is 10.1 Å². The van der Waals surface area contributed by atoms with Crippen molar-refractivity contribution >= 4 is 23.7 Å². The van der Waals surface area contributed by atoms with E-state index in [0.717, 1.165) is 25.7 Å². The third-order valence-corrected chi connectivity index (χ3v) is 4.46. The molecule has 0 saturated heterocycles. The quantitative estimate of drug-likeness (QED) is 0.795. The van der Waals surface area contributed by atoms with Crippen molar-refractivity contribution in [3.63, 3.8) is 0 Å². The molecule has 26 heavy (non-hydrogen) atoms. The molecule has 0 bridgehead atoms. The van der Waals surface area contributed by atoms with Crippen LogP contribution in [-0.2, 0) is 4.74 Å². The number of carbonyl (C=O) groups is 2. The molecule has 0 atom stereocenters. The first-order valence-corrected chi connectivity index (χ1v) is 9.12. The second-order valence-corrected chi connectivity index (χ2v) is 8.06. The van der Waals surface area contributed by atoms with Gasteiger partial charge in [0.05, 0.1) is 11.7 Å². The molecule has 2 N–H and O–H groups in total.